The van der Waals surface area contributed by atoms with Gasteiger partial charge in [0.15, 0.2) is 5.78 Å². The van der Waals surface area contributed by atoms with E-state index >= 15 is 0 Å². The number of amides is 1. The number of nitriles is 1. The first-order valence-electron chi connectivity index (χ1n) is 16.0. The largest absolute Gasteiger partial charge is 0.451 e. The fraction of sp³-hybridized carbons (Fsp3) is 0.594. The highest BCUT2D eigenvalue weighted by Gasteiger charge is 2.38. The van der Waals surface area contributed by atoms with Crippen LogP contribution in [-0.2, 0) is 32.2 Å². The second-order valence-corrected chi connectivity index (χ2v) is 14.1. The Morgan fingerprint density at radius 2 is 1.70 bits per heavy atom. The van der Waals surface area contributed by atoms with Crippen LogP contribution in [0.25, 0.3) is 0 Å². The van der Waals surface area contributed by atoms with Crippen LogP contribution in [0.2, 0.25) is 0 Å². The molecule has 0 bridgehead atoms. The molecule has 0 unspecified atom stereocenters. The van der Waals surface area contributed by atoms with E-state index in [2.05, 4.69) is 26.1 Å². The highest BCUT2D eigenvalue weighted by atomic mass is 32.2. The molecule has 2 aromatic rings. The summed E-state index contributed by atoms with van der Waals surface area (Å²) in [6, 6.07) is 10.3. The molecule has 0 aliphatic carbocycles. The summed E-state index contributed by atoms with van der Waals surface area (Å²) in [6.45, 7) is 1.79. The van der Waals surface area contributed by atoms with E-state index in [-0.39, 0.29) is 36.4 Å². The van der Waals surface area contributed by atoms with Crippen LogP contribution in [0.4, 0.5) is 24.8 Å². The van der Waals surface area contributed by atoms with Crippen molar-refractivity contribution in [3.63, 3.8) is 0 Å². The molecular weight excluding hydrogens is 635 g/mol. The lowest BCUT2D eigenvalue weighted by molar-refractivity contribution is -0.144. The van der Waals surface area contributed by atoms with Gasteiger partial charge < -0.3 is 15.1 Å². The first-order valence-corrected chi connectivity index (χ1v) is 17.9. The molecule has 256 valence electrons. The number of aryl methyl sites for hydroxylation is 1. The number of aromatic nitrogens is 2. The maximum absolute atomic E-state index is 13.9. The number of anilines is 2. The zero-order valence-electron chi connectivity index (χ0n) is 26.6. The van der Waals surface area contributed by atoms with Crippen LogP contribution in [0, 0.1) is 17.2 Å². The van der Waals surface area contributed by atoms with Gasteiger partial charge in [0.2, 0.25) is 21.8 Å². The van der Waals surface area contributed by atoms with E-state index in [4.69, 9.17) is 5.26 Å². The smallest absolute Gasteiger partial charge is 0.356 e. The molecule has 0 radical (unpaired) electrons. The number of ketones is 1. The van der Waals surface area contributed by atoms with Gasteiger partial charge in [0.05, 0.1) is 23.9 Å². The van der Waals surface area contributed by atoms with Crippen molar-refractivity contribution in [1.29, 1.82) is 5.26 Å². The first-order chi connectivity index (χ1) is 22.3. The number of sulfonamides is 1. The Balaban J connectivity index is 1.31. The Bertz CT molecular complexity index is 1520. The SMILES string of the molecule is CS(=O)(=O)NCCNC(=O)CCCC1CCN(c2cc(N3CCC[C@H]3C(=O)CCCc3ccc(C#N)cc3)nc(C(F)(F)F)n2)CC1. The first kappa shape index (κ1) is 36.1. The normalized spacial score (nSPS) is 17.5. The van der Waals surface area contributed by atoms with E-state index in [0.29, 0.717) is 76.1 Å². The minimum atomic E-state index is -4.75. The summed E-state index contributed by atoms with van der Waals surface area (Å²) in [5, 5.41) is 11.7. The van der Waals surface area contributed by atoms with Crippen LogP contribution in [0.5, 0.6) is 0 Å². The third-order valence-corrected chi connectivity index (χ3v) is 9.34. The molecule has 0 saturated carbocycles. The van der Waals surface area contributed by atoms with Gasteiger partial charge in [-0.25, -0.2) is 23.1 Å². The summed E-state index contributed by atoms with van der Waals surface area (Å²) in [4.78, 5) is 36.6. The second-order valence-electron chi connectivity index (χ2n) is 12.2. The highest BCUT2D eigenvalue weighted by Crippen LogP contribution is 2.34. The number of nitrogens with zero attached hydrogens (tertiary/aromatic N) is 5. The van der Waals surface area contributed by atoms with Crippen LogP contribution < -0.4 is 19.8 Å². The van der Waals surface area contributed by atoms with Gasteiger partial charge in [0, 0.05) is 51.6 Å². The van der Waals surface area contributed by atoms with Gasteiger partial charge in [-0.1, -0.05) is 12.1 Å². The number of halogens is 3. The molecule has 4 rings (SSSR count). The van der Waals surface area contributed by atoms with E-state index < -0.39 is 28.1 Å². The van der Waals surface area contributed by atoms with Gasteiger partial charge in [-0.2, -0.15) is 18.4 Å². The van der Waals surface area contributed by atoms with Gasteiger partial charge in [-0.15, -0.1) is 0 Å². The minimum Gasteiger partial charge on any atom is -0.356 e. The van der Waals surface area contributed by atoms with Crippen molar-refractivity contribution in [2.45, 2.75) is 76.4 Å². The zero-order chi connectivity index (χ0) is 34.0. The van der Waals surface area contributed by atoms with Crippen LogP contribution in [-0.4, -0.2) is 75.1 Å². The lowest BCUT2D eigenvalue weighted by atomic mass is 9.91. The van der Waals surface area contributed by atoms with Crippen molar-refractivity contribution < 1.29 is 31.2 Å². The molecule has 2 aliphatic heterocycles. The van der Waals surface area contributed by atoms with Crippen molar-refractivity contribution >= 4 is 33.3 Å². The fourth-order valence-electron chi connectivity index (χ4n) is 6.14. The summed E-state index contributed by atoms with van der Waals surface area (Å²) in [7, 11) is -3.31. The number of hydrogen-bond acceptors (Lipinski definition) is 9. The van der Waals surface area contributed by atoms with Gasteiger partial charge >= 0.3 is 6.18 Å². The van der Waals surface area contributed by atoms with E-state index in [0.717, 1.165) is 31.1 Å². The van der Waals surface area contributed by atoms with Crippen LogP contribution in [0.3, 0.4) is 0 Å². The van der Waals surface area contributed by atoms with E-state index in [9.17, 15) is 31.2 Å². The van der Waals surface area contributed by atoms with E-state index in [1.54, 1.807) is 23.1 Å². The molecule has 47 heavy (non-hydrogen) atoms. The van der Waals surface area contributed by atoms with Crippen LogP contribution in [0.15, 0.2) is 30.3 Å². The fourth-order valence-corrected chi connectivity index (χ4v) is 6.61. The average Bonchev–Trinajstić information content (AvgIpc) is 3.53. The Hall–Kier alpha value is -3.77. The Morgan fingerprint density at radius 3 is 2.36 bits per heavy atom. The molecule has 1 aromatic carbocycles. The number of piperidine rings is 1. The second kappa shape index (κ2) is 16.4. The monoisotopic (exact) mass is 677 g/mol. The Labute approximate surface area is 274 Å². The summed E-state index contributed by atoms with van der Waals surface area (Å²) in [6.07, 6.45) is 2.34. The molecule has 1 amide bonds. The van der Waals surface area contributed by atoms with Crippen LogP contribution in [0.1, 0.15) is 74.7 Å². The van der Waals surface area contributed by atoms with Crippen molar-refractivity contribution in [2.75, 3.05) is 48.8 Å². The minimum absolute atomic E-state index is 0.0232. The molecule has 1 aromatic heterocycles. The van der Waals surface area contributed by atoms with Gasteiger partial charge in [-0.3, -0.25) is 9.59 Å². The predicted molar refractivity (Wildman–Crippen MR) is 171 cm³/mol. The van der Waals surface area contributed by atoms with Crippen molar-refractivity contribution in [3.8, 4) is 6.07 Å². The van der Waals surface area contributed by atoms with E-state index in [1.807, 2.05) is 17.0 Å². The lowest BCUT2D eigenvalue weighted by Crippen LogP contribution is -2.38. The average molecular weight is 678 g/mol. The number of nitrogens with one attached hydrogen (secondary N) is 2. The van der Waals surface area contributed by atoms with Gasteiger partial charge in [0.1, 0.15) is 11.6 Å². The van der Waals surface area contributed by atoms with Gasteiger partial charge in [-0.05, 0) is 75.0 Å². The molecule has 2 aliphatic rings. The molecule has 3 heterocycles. The maximum Gasteiger partial charge on any atom is 0.451 e. The maximum atomic E-state index is 13.9. The van der Waals surface area contributed by atoms with Crippen LogP contribution >= 0.6 is 0 Å². The predicted octanol–water partition coefficient (Wildman–Crippen LogP) is 3.98. The molecule has 15 heteroatoms. The van der Waals surface area contributed by atoms with Crippen molar-refractivity contribution in [2.24, 2.45) is 5.92 Å². The molecular formula is C32H42F3N7O4S. The summed E-state index contributed by atoms with van der Waals surface area (Å²) in [5.41, 5.74) is 1.58. The number of carbonyl (C=O) groups excluding carboxylic acids is 2. The number of Topliss-reactive ketones (excluding diaryl/α,β-unsaturated/α-hetero) is 1. The molecule has 2 fully saturated rings. The third-order valence-electron chi connectivity index (χ3n) is 8.61. The third kappa shape index (κ3) is 11.2. The topological polar surface area (TPSA) is 148 Å². The Kier molecular flexibility index (Phi) is 12.6. The summed E-state index contributed by atoms with van der Waals surface area (Å²) >= 11 is 0. The zero-order valence-corrected chi connectivity index (χ0v) is 27.4. The number of rotatable bonds is 15. The molecule has 1 atom stereocenters. The number of benzene rings is 1. The number of carbonyl (C=O) groups is 2. The lowest BCUT2D eigenvalue weighted by Gasteiger charge is -2.34. The molecule has 0 spiro atoms. The molecule has 2 N–H and O–H groups in total. The van der Waals surface area contributed by atoms with Gasteiger partial charge in [0.25, 0.3) is 0 Å². The van der Waals surface area contributed by atoms with Crippen molar-refractivity contribution in [3.05, 3.63) is 47.3 Å². The molecule has 11 nitrogen and oxygen atoms in total. The highest BCUT2D eigenvalue weighted by molar-refractivity contribution is 7.88. The number of alkyl halides is 3. The number of hydrogen-bond donors (Lipinski definition) is 2. The standard InChI is InChI=1S/C32H42F3N7O4S/c1-47(45,46)38-17-16-37-30(44)9-3-6-24-14-19-41(20-15-24)28-21-29(40-31(39-28)32(33,34)35)42-18-4-7-26(42)27(43)8-2-5-23-10-12-25(22-36)13-11-23/h10-13,21,24,26,38H,2-9,14-20H2,1H3,(H,37,44)/t26-/m0/s1. The Morgan fingerprint density at radius 1 is 1.00 bits per heavy atom. The molecule has 2 saturated heterocycles. The quantitative estimate of drug-likeness (QED) is 0.267. The van der Waals surface area contributed by atoms with Crippen molar-refractivity contribution in [1.82, 2.24) is 20.0 Å². The summed E-state index contributed by atoms with van der Waals surface area (Å²) in [5.74, 6) is -0.768. The van der Waals surface area contributed by atoms with E-state index in [1.165, 1.54) is 0 Å². The summed E-state index contributed by atoms with van der Waals surface area (Å²) < 4.78 is 66.3.